The monoisotopic (exact) mass is 318 g/mol. The molecule has 112 valence electrons. The summed E-state index contributed by atoms with van der Waals surface area (Å²) in [6.07, 6.45) is 2.56. The fraction of sp³-hybridized carbons (Fsp3) is 0.562. The topological polar surface area (TPSA) is 49.0 Å². The molecule has 0 aromatic heterocycles. The van der Waals surface area contributed by atoms with Crippen LogP contribution >= 0.6 is 0 Å². The molecule has 2 aliphatic rings. The molecule has 1 aliphatic heterocycles. The van der Waals surface area contributed by atoms with E-state index in [-0.39, 0.29) is 17.1 Å². The molecule has 0 saturated carbocycles. The maximum Gasteiger partial charge on any atom is 0 e. The zero-order chi connectivity index (χ0) is 15.4. The van der Waals surface area contributed by atoms with Crippen molar-refractivity contribution >= 4 is 0 Å². The first kappa shape index (κ1) is 24.5. The third kappa shape index (κ3) is 7.89. The summed E-state index contributed by atoms with van der Waals surface area (Å²) in [5, 5.41) is 0. The summed E-state index contributed by atoms with van der Waals surface area (Å²) in [4.78, 5) is 0. The van der Waals surface area contributed by atoms with Crippen molar-refractivity contribution in [1.29, 1.82) is 0 Å². The van der Waals surface area contributed by atoms with Crippen molar-refractivity contribution < 1.29 is 31.1 Å². The maximum atomic E-state index is 7.50. The van der Waals surface area contributed by atoms with Gasteiger partial charge in [0.2, 0.25) is 0 Å². The Balaban J connectivity index is -0.000000246. The van der Waals surface area contributed by atoms with Gasteiger partial charge in [-0.1, -0.05) is 18.1 Å². The van der Waals surface area contributed by atoms with Crippen LogP contribution in [0.25, 0.3) is 0 Å². The van der Waals surface area contributed by atoms with Crippen LogP contribution in [0.1, 0.15) is 47.5 Å². The zero-order valence-electron chi connectivity index (χ0n) is 12.9. The molecule has 3 nitrogen and oxygen atoms in total. The van der Waals surface area contributed by atoms with E-state index in [1.54, 1.807) is 0 Å². The molecule has 0 bridgehead atoms. The number of ether oxygens (including phenoxy) is 1. The van der Waals surface area contributed by atoms with Crippen LogP contribution in [0.4, 0.5) is 0 Å². The summed E-state index contributed by atoms with van der Waals surface area (Å²) >= 11 is 0. The van der Waals surface area contributed by atoms with Gasteiger partial charge in [-0.2, -0.15) is 0 Å². The minimum atomic E-state index is 0. The molecule has 2 rings (SSSR count). The standard InChI is InChI=1S/C10H15.C4H8O.2CO.Mn/c1-6-7(2)9(4)10(5)8(6)3;1-2-4-5-3-1;2*1-2;/h1-5H3;1-4H2;;;. The average Bonchev–Trinajstić information content (AvgIpc) is 3.10. The number of hydrogen-bond donors (Lipinski definition) is 0. The summed E-state index contributed by atoms with van der Waals surface area (Å²) in [5.74, 6) is 1.47. The Labute approximate surface area is 133 Å². The first-order valence-corrected chi connectivity index (χ1v) is 6.24. The SMILES string of the molecule is C1CCOC1.C[C]1C(C)=C(C)C(C)=C1C.[C-]#[O+].[C-]#[O+].[Mn]. The van der Waals surface area contributed by atoms with E-state index in [2.05, 4.69) is 47.9 Å². The molecule has 1 heterocycles. The van der Waals surface area contributed by atoms with Gasteiger partial charge in [-0.15, -0.1) is 0 Å². The Morgan fingerprint density at radius 3 is 1.10 bits per heavy atom. The third-order valence-electron chi connectivity index (χ3n) is 3.64. The second kappa shape index (κ2) is 14.8. The van der Waals surface area contributed by atoms with Crippen LogP contribution in [-0.2, 0) is 31.1 Å². The molecule has 0 aromatic carbocycles. The molecule has 0 N–H and O–H groups in total. The largest absolute Gasteiger partial charge is 0 e. The van der Waals surface area contributed by atoms with Gasteiger partial charge in [0.15, 0.2) is 0 Å². The van der Waals surface area contributed by atoms with E-state index in [9.17, 15) is 0 Å². The second-order valence-corrected chi connectivity index (χ2v) is 4.44. The third-order valence-corrected chi connectivity index (χ3v) is 3.64. The number of rotatable bonds is 0. The van der Waals surface area contributed by atoms with Crippen molar-refractivity contribution in [3.8, 4) is 0 Å². The Bertz CT molecular complexity index is 323. The zero-order valence-corrected chi connectivity index (χ0v) is 14.1. The van der Waals surface area contributed by atoms with Gasteiger partial charge >= 0.3 is 22.6 Å². The fourth-order valence-electron chi connectivity index (χ4n) is 1.92. The molecule has 0 spiro atoms. The molecule has 0 atom stereocenters. The van der Waals surface area contributed by atoms with Gasteiger partial charge in [0.25, 0.3) is 0 Å². The van der Waals surface area contributed by atoms with E-state index in [0.717, 1.165) is 13.2 Å². The van der Waals surface area contributed by atoms with Crippen LogP contribution in [0.15, 0.2) is 22.3 Å². The number of allylic oxidation sites excluding steroid dienone is 4. The summed E-state index contributed by atoms with van der Waals surface area (Å²) in [5.41, 5.74) is 5.87. The minimum absolute atomic E-state index is 0. The van der Waals surface area contributed by atoms with E-state index in [1.165, 1.54) is 41.1 Å². The van der Waals surface area contributed by atoms with Gasteiger partial charge in [-0.3, -0.25) is 0 Å². The molecule has 20 heavy (non-hydrogen) atoms. The van der Waals surface area contributed by atoms with Crippen molar-refractivity contribution in [2.75, 3.05) is 13.2 Å². The number of hydrogen-bond acceptors (Lipinski definition) is 1. The van der Waals surface area contributed by atoms with E-state index < -0.39 is 0 Å². The van der Waals surface area contributed by atoms with Crippen molar-refractivity contribution in [1.82, 2.24) is 0 Å². The Morgan fingerprint density at radius 1 is 0.700 bits per heavy atom. The summed E-state index contributed by atoms with van der Waals surface area (Å²) in [6.45, 7) is 22.0. The van der Waals surface area contributed by atoms with Crippen LogP contribution < -0.4 is 0 Å². The Morgan fingerprint density at radius 2 is 1.00 bits per heavy atom. The summed E-state index contributed by atoms with van der Waals surface area (Å²) in [6, 6.07) is 0. The predicted octanol–water partition coefficient (Wildman–Crippen LogP) is 3.99. The molecule has 0 aromatic rings. The van der Waals surface area contributed by atoms with Gasteiger partial charge in [0.05, 0.1) is 0 Å². The normalized spacial score (nSPS) is 16.9. The van der Waals surface area contributed by atoms with E-state index in [1.807, 2.05) is 0 Å². The van der Waals surface area contributed by atoms with Gasteiger partial charge in [-0.05, 0) is 51.7 Å². The van der Waals surface area contributed by atoms with Crippen molar-refractivity contribution in [2.24, 2.45) is 0 Å². The van der Waals surface area contributed by atoms with Gasteiger partial charge in [-0.25, -0.2) is 0 Å². The Kier molecular flexibility index (Phi) is 18.1. The second-order valence-electron chi connectivity index (χ2n) is 4.44. The van der Waals surface area contributed by atoms with Crippen LogP contribution in [0.3, 0.4) is 0 Å². The van der Waals surface area contributed by atoms with E-state index >= 15 is 0 Å². The average molecular weight is 318 g/mol. The predicted molar refractivity (Wildman–Crippen MR) is 73.6 cm³/mol. The summed E-state index contributed by atoms with van der Waals surface area (Å²) in [7, 11) is 0. The van der Waals surface area contributed by atoms with E-state index in [4.69, 9.17) is 14.0 Å². The van der Waals surface area contributed by atoms with Gasteiger partial charge in [0.1, 0.15) is 0 Å². The molecular weight excluding hydrogens is 295 g/mol. The van der Waals surface area contributed by atoms with Gasteiger partial charge < -0.3 is 4.74 Å². The van der Waals surface area contributed by atoms with Crippen molar-refractivity contribution in [3.05, 3.63) is 41.5 Å². The molecule has 4 heteroatoms. The van der Waals surface area contributed by atoms with Crippen LogP contribution in [0.2, 0.25) is 0 Å². The molecular formula is C16H23MnO3. The molecule has 0 unspecified atom stereocenters. The van der Waals surface area contributed by atoms with Crippen molar-refractivity contribution in [2.45, 2.75) is 47.5 Å². The van der Waals surface area contributed by atoms with E-state index in [0.29, 0.717) is 0 Å². The van der Waals surface area contributed by atoms with Gasteiger partial charge in [0, 0.05) is 36.2 Å². The van der Waals surface area contributed by atoms with Crippen LogP contribution in [0.5, 0.6) is 0 Å². The van der Waals surface area contributed by atoms with Crippen LogP contribution in [0, 0.1) is 19.2 Å². The maximum absolute atomic E-state index is 7.50. The molecule has 1 aliphatic carbocycles. The molecule has 0 amide bonds. The fourth-order valence-corrected chi connectivity index (χ4v) is 1.92. The van der Waals surface area contributed by atoms with Crippen molar-refractivity contribution in [3.63, 3.8) is 0 Å². The molecule has 1 saturated heterocycles. The quantitative estimate of drug-likeness (QED) is 0.378. The molecule has 1 fully saturated rings. The summed E-state index contributed by atoms with van der Waals surface area (Å²) < 4.78 is 19.9. The first-order chi connectivity index (χ1) is 9.05. The minimum Gasteiger partial charge on any atom is 0 e. The Hall–Kier alpha value is -0.561. The first-order valence-electron chi connectivity index (χ1n) is 6.24. The van der Waals surface area contributed by atoms with Crippen LogP contribution in [-0.4, -0.2) is 13.2 Å². The molecule has 2 radical (unpaired) electrons. The smallest absolute Gasteiger partial charge is 0 e.